The molecule has 0 aliphatic heterocycles. The topological polar surface area (TPSA) is 42.2 Å². The molecule has 0 saturated carbocycles. The molecule has 0 aliphatic carbocycles. The van der Waals surface area contributed by atoms with Crippen molar-refractivity contribution >= 4 is 17.7 Å². The molecule has 2 aromatic carbocycles. The fourth-order valence-corrected chi connectivity index (χ4v) is 1.91. The standard InChI is InChI=1S/C17H14ClNO2/c1-20-17-11-13(3-2-10-19)6-9-16(17)21-12-14-4-7-15(18)8-5-14/h2-9,11H,12H2,1H3/b3-2+. The number of ether oxygens (including phenoxy) is 2. The molecule has 4 heteroatoms. The van der Waals surface area contributed by atoms with Crippen LogP contribution in [0, 0.1) is 11.3 Å². The highest BCUT2D eigenvalue weighted by Gasteiger charge is 2.05. The van der Waals surface area contributed by atoms with Gasteiger partial charge in [0.25, 0.3) is 0 Å². The van der Waals surface area contributed by atoms with Crippen molar-refractivity contribution in [3.63, 3.8) is 0 Å². The lowest BCUT2D eigenvalue weighted by Crippen LogP contribution is -1.97. The second-order valence-corrected chi connectivity index (χ2v) is 4.72. The van der Waals surface area contributed by atoms with Gasteiger partial charge in [-0.05, 0) is 41.5 Å². The van der Waals surface area contributed by atoms with Crippen LogP contribution in [-0.2, 0) is 6.61 Å². The van der Waals surface area contributed by atoms with E-state index < -0.39 is 0 Å². The van der Waals surface area contributed by atoms with E-state index in [1.165, 1.54) is 6.08 Å². The summed E-state index contributed by atoms with van der Waals surface area (Å²) in [5.74, 6) is 1.28. The van der Waals surface area contributed by atoms with Crippen molar-refractivity contribution in [1.29, 1.82) is 5.26 Å². The molecule has 0 fully saturated rings. The third-order valence-corrected chi connectivity index (χ3v) is 3.10. The number of halogens is 1. The van der Waals surface area contributed by atoms with Crippen molar-refractivity contribution in [2.24, 2.45) is 0 Å². The van der Waals surface area contributed by atoms with Gasteiger partial charge in [0.15, 0.2) is 11.5 Å². The Hall–Kier alpha value is -2.44. The number of nitriles is 1. The average Bonchev–Trinajstić information content (AvgIpc) is 2.52. The summed E-state index contributed by atoms with van der Waals surface area (Å²) < 4.78 is 11.1. The minimum atomic E-state index is 0.431. The molecule has 0 saturated heterocycles. The van der Waals surface area contributed by atoms with Crippen molar-refractivity contribution in [2.45, 2.75) is 6.61 Å². The first kappa shape index (κ1) is 15.0. The van der Waals surface area contributed by atoms with E-state index in [0.29, 0.717) is 23.1 Å². The van der Waals surface area contributed by atoms with Gasteiger partial charge in [0.05, 0.1) is 13.2 Å². The minimum Gasteiger partial charge on any atom is -0.493 e. The van der Waals surface area contributed by atoms with Crippen LogP contribution in [0.3, 0.4) is 0 Å². The maximum Gasteiger partial charge on any atom is 0.161 e. The summed E-state index contributed by atoms with van der Waals surface area (Å²) in [5, 5.41) is 9.24. The minimum absolute atomic E-state index is 0.431. The van der Waals surface area contributed by atoms with Crippen molar-refractivity contribution < 1.29 is 9.47 Å². The fraction of sp³-hybridized carbons (Fsp3) is 0.118. The van der Waals surface area contributed by atoms with Gasteiger partial charge in [-0.2, -0.15) is 5.26 Å². The first-order chi connectivity index (χ1) is 10.2. The lowest BCUT2D eigenvalue weighted by atomic mass is 10.2. The summed E-state index contributed by atoms with van der Waals surface area (Å²) in [6.07, 6.45) is 3.13. The molecular formula is C17H14ClNO2. The first-order valence-corrected chi connectivity index (χ1v) is 6.72. The van der Waals surface area contributed by atoms with Gasteiger partial charge in [-0.25, -0.2) is 0 Å². The SMILES string of the molecule is COc1cc(/C=C/C#N)ccc1OCc1ccc(Cl)cc1. The van der Waals surface area contributed by atoms with Crippen LogP contribution in [0.4, 0.5) is 0 Å². The zero-order valence-electron chi connectivity index (χ0n) is 11.5. The second kappa shape index (κ2) is 7.37. The van der Waals surface area contributed by atoms with E-state index in [1.807, 2.05) is 48.5 Å². The highest BCUT2D eigenvalue weighted by molar-refractivity contribution is 6.30. The van der Waals surface area contributed by atoms with Crippen LogP contribution in [-0.4, -0.2) is 7.11 Å². The van der Waals surface area contributed by atoms with Crippen molar-refractivity contribution in [1.82, 2.24) is 0 Å². The first-order valence-electron chi connectivity index (χ1n) is 6.34. The van der Waals surface area contributed by atoms with Crippen molar-refractivity contribution in [2.75, 3.05) is 7.11 Å². The molecular weight excluding hydrogens is 286 g/mol. The monoisotopic (exact) mass is 299 g/mol. The lowest BCUT2D eigenvalue weighted by Gasteiger charge is -2.11. The summed E-state index contributed by atoms with van der Waals surface area (Å²) in [7, 11) is 1.59. The Balaban J connectivity index is 2.10. The summed E-state index contributed by atoms with van der Waals surface area (Å²) >= 11 is 5.85. The molecule has 0 radical (unpaired) electrons. The highest BCUT2D eigenvalue weighted by Crippen LogP contribution is 2.29. The fourth-order valence-electron chi connectivity index (χ4n) is 1.78. The third kappa shape index (κ3) is 4.27. The van der Waals surface area contributed by atoms with Gasteiger partial charge in [-0.15, -0.1) is 0 Å². The van der Waals surface area contributed by atoms with Crippen LogP contribution in [0.25, 0.3) is 6.08 Å². The zero-order valence-corrected chi connectivity index (χ0v) is 12.3. The van der Waals surface area contributed by atoms with Gasteiger partial charge < -0.3 is 9.47 Å². The Labute approximate surface area is 129 Å². The van der Waals surface area contributed by atoms with E-state index in [4.69, 9.17) is 26.3 Å². The molecule has 0 N–H and O–H groups in total. The molecule has 3 nitrogen and oxygen atoms in total. The van der Waals surface area contributed by atoms with E-state index in [-0.39, 0.29) is 0 Å². The molecule has 2 aromatic rings. The Morgan fingerprint density at radius 1 is 1.14 bits per heavy atom. The molecule has 2 rings (SSSR count). The number of methoxy groups -OCH3 is 1. The van der Waals surface area contributed by atoms with Crippen LogP contribution in [0.15, 0.2) is 48.5 Å². The summed E-state index contributed by atoms with van der Waals surface area (Å²) in [5.41, 5.74) is 1.90. The van der Waals surface area contributed by atoms with Crippen molar-refractivity contribution in [3.05, 3.63) is 64.7 Å². The van der Waals surface area contributed by atoms with Crippen LogP contribution in [0.5, 0.6) is 11.5 Å². The molecule has 21 heavy (non-hydrogen) atoms. The van der Waals surface area contributed by atoms with Gasteiger partial charge in [0.1, 0.15) is 6.61 Å². The quantitative estimate of drug-likeness (QED) is 0.765. The molecule has 0 aromatic heterocycles. The number of hydrogen-bond acceptors (Lipinski definition) is 3. The summed E-state index contributed by atoms with van der Waals surface area (Å²) in [6, 6.07) is 15.0. The zero-order chi connectivity index (χ0) is 15.1. The molecule has 0 spiro atoms. The number of benzene rings is 2. The molecule has 0 atom stereocenters. The number of rotatable bonds is 5. The Bertz CT molecular complexity index is 672. The smallest absolute Gasteiger partial charge is 0.161 e. The molecule has 0 bridgehead atoms. The predicted molar refractivity (Wildman–Crippen MR) is 83.4 cm³/mol. The Morgan fingerprint density at radius 3 is 2.57 bits per heavy atom. The third-order valence-electron chi connectivity index (χ3n) is 2.85. The van der Waals surface area contributed by atoms with Crippen LogP contribution < -0.4 is 9.47 Å². The van der Waals surface area contributed by atoms with Crippen molar-refractivity contribution in [3.8, 4) is 17.6 Å². The summed E-state index contributed by atoms with van der Waals surface area (Å²) in [4.78, 5) is 0. The number of nitrogens with zero attached hydrogens (tertiary/aromatic N) is 1. The predicted octanol–water partition coefficient (Wildman–Crippen LogP) is 4.46. The Kier molecular flexibility index (Phi) is 5.25. The van der Waals surface area contributed by atoms with E-state index in [2.05, 4.69) is 0 Å². The van der Waals surface area contributed by atoms with Gasteiger partial charge in [-0.3, -0.25) is 0 Å². The van der Waals surface area contributed by atoms with Crippen LogP contribution in [0.1, 0.15) is 11.1 Å². The number of hydrogen-bond donors (Lipinski definition) is 0. The summed E-state index contributed by atoms with van der Waals surface area (Å²) in [6.45, 7) is 0.431. The van der Waals surface area contributed by atoms with Gasteiger partial charge >= 0.3 is 0 Å². The molecule has 0 amide bonds. The highest BCUT2D eigenvalue weighted by atomic mass is 35.5. The largest absolute Gasteiger partial charge is 0.493 e. The lowest BCUT2D eigenvalue weighted by molar-refractivity contribution is 0.284. The van der Waals surface area contributed by atoms with Gasteiger partial charge in [0, 0.05) is 11.1 Å². The molecule has 106 valence electrons. The maximum absolute atomic E-state index is 8.54. The van der Waals surface area contributed by atoms with E-state index in [0.717, 1.165) is 11.1 Å². The second-order valence-electron chi connectivity index (χ2n) is 4.29. The normalized spacial score (nSPS) is 10.3. The van der Waals surface area contributed by atoms with Gasteiger partial charge in [0.2, 0.25) is 0 Å². The van der Waals surface area contributed by atoms with E-state index in [1.54, 1.807) is 13.2 Å². The van der Waals surface area contributed by atoms with E-state index in [9.17, 15) is 0 Å². The molecule has 0 aliphatic rings. The van der Waals surface area contributed by atoms with Gasteiger partial charge in [-0.1, -0.05) is 29.8 Å². The van der Waals surface area contributed by atoms with Crippen LogP contribution in [0.2, 0.25) is 5.02 Å². The van der Waals surface area contributed by atoms with E-state index >= 15 is 0 Å². The maximum atomic E-state index is 8.54. The molecule has 0 heterocycles. The molecule has 0 unspecified atom stereocenters. The Morgan fingerprint density at radius 2 is 1.90 bits per heavy atom. The number of allylic oxidation sites excluding steroid dienone is 1. The van der Waals surface area contributed by atoms with Crippen LogP contribution >= 0.6 is 11.6 Å². The average molecular weight is 300 g/mol.